The van der Waals surface area contributed by atoms with Crippen molar-refractivity contribution in [3.63, 3.8) is 0 Å². The molecule has 9 N–H and O–H groups in total. The van der Waals surface area contributed by atoms with Crippen LogP contribution in [0.1, 0.15) is 105 Å². The summed E-state index contributed by atoms with van der Waals surface area (Å²) in [5.74, 6) is -6.63. The van der Waals surface area contributed by atoms with Crippen molar-refractivity contribution >= 4 is 48.6 Å². The molecule has 1 aromatic carbocycles. The number of hydrogen-bond acceptors (Lipinski definition) is 11. The average Bonchev–Trinajstić information content (AvgIpc) is 3.83. The van der Waals surface area contributed by atoms with E-state index in [1.165, 1.54) is 4.90 Å². The Hall–Kier alpha value is -4.75. The molecule has 2 heterocycles. The number of benzene rings is 1. The molecule has 19 heteroatoms. The lowest BCUT2D eigenvalue weighted by Crippen LogP contribution is -2.65. The van der Waals surface area contributed by atoms with Gasteiger partial charge >= 0.3 is 19.1 Å². The number of nitrogens with two attached hydrogens (primary N) is 1. The molecular formula is C43H65BN6O12. The summed E-state index contributed by atoms with van der Waals surface area (Å²) in [5, 5.41) is 39.0. The minimum absolute atomic E-state index is 0.114. The monoisotopic (exact) mass is 868 g/mol. The molecule has 0 unspecified atom stereocenters. The van der Waals surface area contributed by atoms with Crippen LogP contribution in [0, 0.1) is 29.1 Å². The highest BCUT2D eigenvalue weighted by Crippen LogP contribution is 2.65. The third-order valence-corrected chi connectivity index (χ3v) is 13.6. The predicted molar refractivity (Wildman–Crippen MR) is 226 cm³/mol. The van der Waals surface area contributed by atoms with Crippen molar-refractivity contribution in [2.24, 2.45) is 34.8 Å². The van der Waals surface area contributed by atoms with Gasteiger partial charge in [-0.15, -0.1) is 0 Å². The van der Waals surface area contributed by atoms with E-state index in [9.17, 15) is 43.8 Å². The van der Waals surface area contributed by atoms with Gasteiger partial charge in [-0.25, -0.2) is 0 Å². The van der Waals surface area contributed by atoms with Crippen molar-refractivity contribution in [1.29, 1.82) is 0 Å². The third-order valence-electron chi connectivity index (χ3n) is 13.6. The summed E-state index contributed by atoms with van der Waals surface area (Å²) in [5.41, 5.74) is 6.21. The SMILES string of the molecule is CC(C)[C@H](NC(=O)[C@H](CCC(=O)O)NC(=O)[C@@H](N)CC(=O)O)C(=O)N[C@H](C(=O)N1CCC[C@H]1C(=O)N[C@@H](CCc1ccc(O)cc1)B1O[C@@H]2C[C@@H]3C[C@H](C3(C)C)[C@]2(C)O1)C(C)C. The molecule has 2 bridgehead atoms. The number of aromatic hydroxyl groups is 1. The van der Waals surface area contributed by atoms with E-state index in [4.69, 9.17) is 20.1 Å². The van der Waals surface area contributed by atoms with Crippen LogP contribution in [0.25, 0.3) is 0 Å². The molecule has 0 radical (unpaired) electrons. The van der Waals surface area contributed by atoms with Crippen LogP contribution in [0.4, 0.5) is 0 Å². The molecule has 18 nitrogen and oxygen atoms in total. The van der Waals surface area contributed by atoms with Gasteiger partial charge in [0.15, 0.2) is 0 Å². The van der Waals surface area contributed by atoms with Gasteiger partial charge < -0.3 is 56.5 Å². The van der Waals surface area contributed by atoms with E-state index in [0.717, 1.165) is 18.4 Å². The summed E-state index contributed by atoms with van der Waals surface area (Å²) in [7, 11) is -0.726. The minimum atomic E-state index is -1.52. The van der Waals surface area contributed by atoms with Crippen molar-refractivity contribution in [1.82, 2.24) is 26.2 Å². The summed E-state index contributed by atoms with van der Waals surface area (Å²) in [4.78, 5) is 92.7. The summed E-state index contributed by atoms with van der Waals surface area (Å²) < 4.78 is 13.4. The molecule has 0 spiro atoms. The van der Waals surface area contributed by atoms with E-state index in [2.05, 4.69) is 42.0 Å². The number of hydrogen-bond donors (Lipinski definition) is 8. The van der Waals surface area contributed by atoms with Crippen LogP contribution in [-0.2, 0) is 49.3 Å². The molecule has 5 amide bonds. The van der Waals surface area contributed by atoms with Gasteiger partial charge in [-0.1, -0.05) is 53.7 Å². The fourth-order valence-electron chi connectivity index (χ4n) is 9.73. The fourth-order valence-corrected chi connectivity index (χ4v) is 9.73. The smallest absolute Gasteiger partial charge is 0.481 e. The van der Waals surface area contributed by atoms with Gasteiger partial charge in [0, 0.05) is 13.0 Å². The van der Waals surface area contributed by atoms with Gasteiger partial charge in [0.05, 0.1) is 30.1 Å². The first-order chi connectivity index (χ1) is 29.0. The standard InChI is InChI=1S/C43H65BN6O12/c1-22(2)35(48-38(57)28(15-17-33(52)53)46-37(56)27(45)21-34(54)55)40(59)49-36(23(3)4)41(60)50-18-8-9-29(50)39(58)47-32(16-12-24-10-13-26(51)14-11-24)44-61-31-20-25-19-30(42(25,5)6)43(31,7)62-44/h10-11,13-14,22-23,25,27-32,35-36,51H,8-9,12,15-21,45H2,1-7H3,(H,46,56)(H,47,58)(H,48,57)(H,49,59)(H,52,53)(H,54,55)/t25-,27-,28-,29-,30+,31+,32-,35-,36-,43-/m0/s1. The van der Waals surface area contributed by atoms with Gasteiger partial charge in [0.2, 0.25) is 29.5 Å². The van der Waals surface area contributed by atoms with E-state index in [-0.39, 0.29) is 36.1 Å². The second-order valence-corrected chi connectivity index (χ2v) is 19.0. The van der Waals surface area contributed by atoms with Crippen molar-refractivity contribution in [2.75, 3.05) is 6.54 Å². The summed E-state index contributed by atoms with van der Waals surface area (Å²) in [6.45, 7) is 13.7. The molecule has 1 aromatic rings. The molecule has 5 fully saturated rings. The highest BCUT2D eigenvalue weighted by molar-refractivity contribution is 6.48. The molecule has 3 aliphatic carbocycles. The van der Waals surface area contributed by atoms with Gasteiger partial charge in [0.25, 0.3) is 0 Å². The van der Waals surface area contributed by atoms with Crippen LogP contribution < -0.4 is 27.0 Å². The Bertz CT molecular complexity index is 1850. The number of rotatable bonds is 20. The molecule has 2 saturated heterocycles. The molecule has 5 aliphatic rings. The molecule has 2 aliphatic heterocycles. The zero-order valence-corrected chi connectivity index (χ0v) is 36.8. The minimum Gasteiger partial charge on any atom is -0.508 e. The molecule has 6 rings (SSSR count). The number of phenolic OH excluding ortho intramolecular Hbond substituents is 1. The van der Waals surface area contributed by atoms with E-state index in [1.54, 1.807) is 39.8 Å². The normalized spacial score (nSPS) is 26.0. The number of nitrogens with zero attached hydrogens (tertiary/aromatic N) is 1. The Morgan fingerprint density at radius 3 is 2.10 bits per heavy atom. The van der Waals surface area contributed by atoms with Crippen molar-refractivity contribution < 1.29 is 58.2 Å². The maximum Gasteiger partial charge on any atom is 0.481 e. The lowest BCUT2D eigenvalue weighted by atomic mass is 9.43. The number of nitrogens with one attached hydrogen (secondary N) is 4. The van der Waals surface area contributed by atoms with Gasteiger partial charge in [-0.05, 0) is 98.7 Å². The van der Waals surface area contributed by atoms with Crippen LogP contribution in [0.5, 0.6) is 5.75 Å². The quantitative estimate of drug-likeness (QED) is 0.0865. The topological polar surface area (TPSA) is 276 Å². The Balaban J connectivity index is 1.28. The Morgan fingerprint density at radius 2 is 1.50 bits per heavy atom. The fraction of sp³-hybridized carbons (Fsp3) is 0.698. The Morgan fingerprint density at radius 1 is 0.855 bits per heavy atom. The van der Waals surface area contributed by atoms with E-state index < -0.39 is 109 Å². The second-order valence-electron chi connectivity index (χ2n) is 19.0. The zero-order valence-electron chi connectivity index (χ0n) is 36.8. The number of aliphatic carboxylic acids is 2. The number of amides is 5. The number of carbonyl (C=O) groups excluding carboxylic acids is 5. The number of carboxylic acids is 2. The van der Waals surface area contributed by atoms with E-state index in [0.29, 0.717) is 37.5 Å². The summed E-state index contributed by atoms with van der Waals surface area (Å²) >= 11 is 0. The highest BCUT2D eigenvalue weighted by atomic mass is 16.7. The van der Waals surface area contributed by atoms with E-state index in [1.807, 2.05) is 12.1 Å². The largest absolute Gasteiger partial charge is 0.508 e. The number of carboxylic acid groups (broad SMARTS) is 2. The summed E-state index contributed by atoms with van der Waals surface area (Å²) in [6, 6.07) is 0.702. The maximum absolute atomic E-state index is 14.4. The first-order valence-corrected chi connectivity index (χ1v) is 21.9. The van der Waals surface area contributed by atoms with Crippen molar-refractivity contribution in [3.8, 4) is 5.75 Å². The maximum atomic E-state index is 14.4. The zero-order chi connectivity index (χ0) is 45.8. The lowest BCUT2D eigenvalue weighted by Gasteiger charge is -2.64. The highest BCUT2D eigenvalue weighted by Gasteiger charge is 2.68. The predicted octanol–water partition coefficient (Wildman–Crippen LogP) is 1.50. The first-order valence-electron chi connectivity index (χ1n) is 21.9. The second kappa shape index (κ2) is 19.7. The van der Waals surface area contributed by atoms with Crippen LogP contribution in [-0.4, -0.2) is 123 Å². The molecule has 3 saturated carbocycles. The number of carbonyl (C=O) groups is 7. The summed E-state index contributed by atoms with van der Waals surface area (Å²) in [6.07, 6.45) is 2.13. The number of likely N-dealkylation sites (tertiary alicyclic amines) is 1. The molecule has 10 atom stereocenters. The van der Waals surface area contributed by atoms with Crippen LogP contribution >= 0.6 is 0 Å². The van der Waals surface area contributed by atoms with Crippen molar-refractivity contribution in [3.05, 3.63) is 29.8 Å². The van der Waals surface area contributed by atoms with Crippen molar-refractivity contribution in [2.45, 2.75) is 154 Å². The third kappa shape index (κ3) is 10.9. The molecule has 0 aromatic heterocycles. The first kappa shape index (κ1) is 48.3. The van der Waals surface area contributed by atoms with Crippen LogP contribution in [0.15, 0.2) is 24.3 Å². The van der Waals surface area contributed by atoms with Gasteiger partial charge in [0.1, 0.15) is 29.9 Å². The van der Waals surface area contributed by atoms with Crippen LogP contribution in [0.2, 0.25) is 0 Å². The number of aryl methyl sites for hydroxylation is 1. The molecular weight excluding hydrogens is 803 g/mol. The molecule has 342 valence electrons. The Kier molecular flexibility index (Phi) is 15.4. The average molecular weight is 869 g/mol. The van der Waals surface area contributed by atoms with Gasteiger partial charge in [-0.3, -0.25) is 33.6 Å². The lowest BCUT2D eigenvalue weighted by molar-refractivity contribution is -0.199. The van der Waals surface area contributed by atoms with Gasteiger partial charge in [-0.2, -0.15) is 0 Å². The Labute approximate surface area is 363 Å². The van der Waals surface area contributed by atoms with Crippen LogP contribution in [0.3, 0.4) is 0 Å². The van der Waals surface area contributed by atoms with E-state index >= 15 is 0 Å². The molecule has 62 heavy (non-hydrogen) atoms. The number of phenols is 1.